The van der Waals surface area contributed by atoms with Gasteiger partial charge in [-0.15, -0.1) is 0 Å². The molecule has 2 aromatic carbocycles. The van der Waals surface area contributed by atoms with Crippen LogP contribution in [0, 0.1) is 0 Å². The Morgan fingerprint density at radius 3 is 2.48 bits per heavy atom. The average Bonchev–Trinajstić information content (AvgIpc) is 2.45. The van der Waals surface area contributed by atoms with Crippen LogP contribution in [0.1, 0.15) is 26.7 Å². The molecule has 0 aliphatic rings. The molecule has 1 atom stereocenters. The van der Waals surface area contributed by atoms with Crippen LogP contribution in [0.25, 0.3) is 10.8 Å². The highest BCUT2D eigenvalue weighted by Gasteiger charge is 2.17. The third kappa shape index (κ3) is 3.74. The van der Waals surface area contributed by atoms with Gasteiger partial charge in [-0.3, -0.25) is 0 Å². The van der Waals surface area contributed by atoms with Gasteiger partial charge in [0.1, 0.15) is 5.75 Å². The maximum Gasteiger partial charge on any atom is 0.240 e. The molecule has 0 heterocycles. The summed E-state index contributed by atoms with van der Waals surface area (Å²) in [5.41, 5.74) is 0. The van der Waals surface area contributed by atoms with E-state index in [-0.39, 0.29) is 6.04 Å². The van der Waals surface area contributed by atoms with E-state index in [0.29, 0.717) is 4.90 Å². The maximum atomic E-state index is 12.3. The summed E-state index contributed by atoms with van der Waals surface area (Å²) in [6.45, 7) is 3.92. The topological polar surface area (TPSA) is 55.4 Å². The van der Waals surface area contributed by atoms with Crippen molar-refractivity contribution in [2.45, 2.75) is 37.6 Å². The molecule has 0 bridgehead atoms. The lowest BCUT2D eigenvalue weighted by Crippen LogP contribution is -2.32. The van der Waals surface area contributed by atoms with Gasteiger partial charge in [-0.25, -0.2) is 13.1 Å². The molecule has 114 valence electrons. The van der Waals surface area contributed by atoms with Crippen molar-refractivity contribution in [3.05, 3.63) is 36.4 Å². The molecular formula is C16H21NO3S. The first-order valence-corrected chi connectivity index (χ1v) is 8.54. The maximum absolute atomic E-state index is 12.3. The second-order valence-electron chi connectivity index (χ2n) is 5.19. The van der Waals surface area contributed by atoms with Gasteiger partial charge < -0.3 is 4.74 Å². The molecule has 2 rings (SSSR count). The van der Waals surface area contributed by atoms with Crippen LogP contribution in [0.2, 0.25) is 0 Å². The van der Waals surface area contributed by atoms with Gasteiger partial charge in [-0.2, -0.15) is 0 Å². The molecule has 2 aromatic rings. The van der Waals surface area contributed by atoms with Gasteiger partial charge in [-0.05, 0) is 48.4 Å². The van der Waals surface area contributed by atoms with Gasteiger partial charge in [0, 0.05) is 6.04 Å². The lowest BCUT2D eigenvalue weighted by molar-refractivity contribution is 0.415. The van der Waals surface area contributed by atoms with Crippen LogP contribution in [-0.4, -0.2) is 21.6 Å². The highest BCUT2D eigenvalue weighted by atomic mass is 32.2. The molecule has 1 unspecified atom stereocenters. The van der Waals surface area contributed by atoms with Crippen LogP contribution in [0.3, 0.4) is 0 Å². The van der Waals surface area contributed by atoms with E-state index in [1.807, 2.05) is 32.0 Å². The molecule has 0 saturated carbocycles. The minimum Gasteiger partial charge on any atom is -0.497 e. The van der Waals surface area contributed by atoms with E-state index >= 15 is 0 Å². The van der Waals surface area contributed by atoms with Crippen molar-refractivity contribution in [1.29, 1.82) is 0 Å². The Morgan fingerprint density at radius 1 is 1.14 bits per heavy atom. The van der Waals surface area contributed by atoms with Crippen LogP contribution in [-0.2, 0) is 10.0 Å². The van der Waals surface area contributed by atoms with Crippen LogP contribution in [0.5, 0.6) is 5.75 Å². The molecule has 21 heavy (non-hydrogen) atoms. The number of hydrogen-bond donors (Lipinski definition) is 1. The highest BCUT2D eigenvalue weighted by molar-refractivity contribution is 7.89. The van der Waals surface area contributed by atoms with Gasteiger partial charge in [-0.1, -0.05) is 25.5 Å². The smallest absolute Gasteiger partial charge is 0.240 e. The number of rotatable bonds is 6. The molecule has 0 amide bonds. The van der Waals surface area contributed by atoms with E-state index in [2.05, 4.69) is 4.72 Å². The zero-order valence-electron chi connectivity index (χ0n) is 12.6. The predicted octanol–water partition coefficient (Wildman–Crippen LogP) is 3.32. The predicted molar refractivity (Wildman–Crippen MR) is 85.2 cm³/mol. The van der Waals surface area contributed by atoms with Gasteiger partial charge in [0.25, 0.3) is 0 Å². The van der Waals surface area contributed by atoms with E-state index in [9.17, 15) is 8.42 Å². The minimum atomic E-state index is -3.47. The van der Waals surface area contributed by atoms with E-state index in [1.165, 1.54) is 0 Å². The summed E-state index contributed by atoms with van der Waals surface area (Å²) in [6, 6.07) is 10.6. The Bertz CT molecular complexity index is 725. The number of methoxy groups -OCH3 is 1. The lowest BCUT2D eigenvalue weighted by Gasteiger charge is -2.13. The normalized spacial score (nSPS) is 13.3. The van der Waals surface area contributed by atoms with Crippen molar-refractivity contribution in [3.8, 4) is 5.75 Å². The average molecular weight is 307 g/mol. The van der Waals surface area contributed by atoms with Crippen molar-refractivity contribution in [2.75, 3.05) is 7.11 Å². The molecule has 0 aliphatic carbocycles. The van der Waals surface area contributed by atoms with E-state index < -0.39 is 10.0 Å². The molecule has 0 radical (unpaired) electrons. The van der Waals surface area contributed by atoms with Crippen molar-refractivity contribution < 1.29 is 13.2 Å². The summed E-state index contributed by atoms with van der Waals surface area (Å²) in [6.07, 6.45) is 1.77. The van der Waals surface area contributed by atoms with Gasteiger partial charge in [0.05, 0.1) is 12.0 Å². The minimum absolute atomic E-state index is 0.0634. The third-order valence-electron chi connectivity index (χ3n) is 3.41. The summed E-state index contributed by atoms with van der Waals surface area (Å²) in [7, 11) is -1.86. The summed E-state index contributed by atoms with van der Waals surface area (Å²) in [5.74, 6) is 0.757. The number of nitrogens with one attached hydrogen (secondary N) is 1. The summed E-state index contributed by atoms with van der Waals surface area (Å²) >= 11 is 0. The Balaban J connectivity index is 2.34. The first-order valence-electron chi connectivity index (χ1n) is 7.06. The Labute approximate surface area is 126 Å². The Kier molecular flexibility index (Phi) is 4.85. The fourth-order valence-corrected chi connectivity index (χ4v) is 3.63. The third-order valence-corrected chi connectivity index (χ3v) is 4.99. The first kappa shape index (κ1) is 15.8. The molecule has 0 saturated heterocycles. The van der Waals surface area contributed by atoms with Crippen LogP contribution in [0.15, 0.2) is 41.3 Å². The molecular weight excluding hydrogens is 286 g/mol. The summed E-state index contributed by atoms with van der Waals surface area (Å²) in [5, 5.41) is 1.83. The zero-order valence-corrected chi connectivity index (χ0v) is 13.4. The van der Waals surface area contributed by atoms with E-state index in [1.54, 1.807) is 25.3 Å². The molecule has 0 aliphatic heterocycles. The Hall–Kier alpha value is -1.59. The zero-order chi connectivity index (χ0) is 15.5. The molecule has 4 nitrogen and oxygen atoms in total. The number of sulfonamides is 1. The van der Waals surface area contributed by atoms with Crippen LogP contribution in [0.4, 0.5) is 0 Å². The van der Waals surface area contributed by atoms with Crippen LogP contribution < -0.4 is 9.46 Å². The highest BCUT2D eigenvalue weighted by Crippen LogP contribution is 2.23. The second-order valence-corrected chi connectivity index (χ2v) is 6.90. The first-order chi connectivity index (χ1) is 9.96. The molecule has 0 aromatic heterocycles. The fourth-order valence-electron chi connectivity index (χ4n) is 2.32. The standard InChI is InChI=1S/C16H21NO3S/c1-4-5-12(2)17-21(18,19)16-9-7-13-10-15(20-3)8-6-14(13)11-16/h6-12,17H,4-5H2,1-3H3. The van der Waals surface area contributed by atoms with Gasteiger partial charge >= 0.3 is 0 Å². The number of ether oxygens (including phenoxy) is 1. The summed E-state index contributed by atoms with van der Waals surface area (Å²) in [4.78, 5) is 0.295. The van der Waals surface area contributed by atoms with Crippen molar-refractivity contribution in [1.82, 2.24) is 4.72 Å². The van der Waals surface area contributed by atoms with Crippen molar-refractivity contribution in [2.24, 2.45) is 0 Å². The number of fused-ring (bicyclic) bond motifs is 1. The molecule has 0 spiro atoms. The number of hydrogen-bond acceptors (Lipinski definition) is 3. The fraction of sp³-hybridized carbons (Fsp3) is 0.375. The molecule has 0 fully saturated rings. The largest absolute Gasteiger partial charge is 0.497 e. The SMILES string of the molecule is CCCC(C)NS(=O)(=O)c1ccc2cc(OC)ccc2c1. The lowest BCUT2D eigenvalue weighted by atomic mass is 10.1. The van der Waals surface area contributed by atoms with Crippen molar-refractivity contribution >= 4 is 20.8 Å². The van der Waals surface area contributed by atoms with Gasteiger partial charge in [0.15, 0.2) is 0 Å². The monoisotopic (exact) mass is 307 g/mol. The second kappa shape index (κ2) is 6.45. The molecule has 5 heteroatoms. The van der Waals surface area contributed by atoms with E-state index in [0.717, 1.165) is 29.4 Å². The quantitative estimate of drug-likeness (QED) is 0.890. The van der Waals surface area contributed by atoms with Gasteiger partial charge in [0.2, 0.25) is 10.0 Å². The number of benzene rings is 2. The van der Waals surface area contributed by atoms with Crippen molar-refractivity contribution in [3.63, 3.8) is 0 Å². The van der Waals surface area contributed by atoms with Crippen LogP contribution >= 0.6 is 0 Å². The molecule has 1 N–H and O–H groups in total. The van der Waals surface area contributed by atoms with E-state index in [4.69, 9.17) is 4.74 Å². The Morgan fingerprint density at radius 2 is 1.81 bits per heavy atom. The summed E-state index contributed by atoms with van der Waals surface area (Å²) < 4.78 is 32.6.